The molecule has 16 nitrogen and oxygen atoms in total. The summed E-state index contributed by atoms with van der Waals surface area (Å²) in [5.74, 6) is -3.44. The van der Waals surface area contributed by atoms with E-state index >= 15 is 8.78 Å². The topological polar surface area (TPSA) is 232 Å². The van der Waals surface area contributed by atoms with Gasteiger partial charge in [0.05, 0.1) is 30.2 Å². The molecule has 0 fully saturated rings. The molecule has 21 heteroatoms. The zero-order chi connectivity index (χ0) is 44.0. The van der Waals surface area contributed by atoms with Crippen molar-refractivity contribution in [3.8, 4) is 17.1 Å². The lowest BCUT2D eigenvalue weighted by atomic mass is 10.00. The molecule has 0 atom stereocenters. The van der Waals surface area contributed by atoms with Gasteiger partial charge in [-0.1, -0.05) is 49.2 Å². The molecule has 4 aromatic heterocycles. The summed E-state index contributed by atoms with van der Waals surface area (Å²) in [7, 11) is -4.13. The molecule has 3 aromatic carbocycles. The van der Waals surface area contributed by atoms with Gasteiger partial charge in [0.25, 0.3) is 0 Å². The third-order valence-corrected chi connectivity index (χ3v) is 12.2. The van der Waals surface area contributed by atoms with E-state index in [9.17, 15) is 22.8 Å². The first kappa shape index (κ1) is 43.6. The Morgan fingerprint density at radius 1 is 1.02 bits per heavy atom. The number of urea groups is 1. The highest BCUT2D eigenvalue weighted by molar-refractivity contribution is 8.00. The van der Waals surface area contributed by atoms with Crippen molar-refractivity contribution in [1.82, 2.24) is 34.8 Å². The Labute approximate surface area is 362 Å². The molecule has 4 heterocycles. The summed E-state index contributed by atoms with van der Waals surface area (Å²) in [5, 5.41) is 6.25. The fraction of sp³-hybridized carbons (Fsp3) is 0.220. The minimum Gasteiger partial charge on any atom is -0.463 e. The van der Waals surface area contributed by atoms with Crippen molar-refractivity contribution < 1.29 is 31.5 Å². The van der Waals surface area contributed by atoms with Gasteiger partial charge < -0.3 is 31.1 Å². The number of hydrogen-bond donors (Lipinski definition) is 6. The number of sulfonamides is 1. The molecule has 0 aliphatic rings. The number of hydrogen-bond acceptors (Lipinski definition) is 11. The van der Waals surface area contributed by atoms with Crippen LogP contribution in [0.1, 0.15) is 41.3 Å². The number of fused-ring (bicyclic) bond motifs is 2. The first-order valence-corrected chi connectivity index (χ1v) is 22.3. The molecule has 0 aliphatic heterocycles. The Bertz CT molecular complexity index is 2940. The minimum absolute atomic E-state index is 0.0558. The van der Waals surface area contributed by atoms with Gasteiger partial charge in [-0.3, -0.25) is 14.1 Å². The number of aromatic amines is 2. The first-order chi connectivity index (χ1) is 29.8. The van der Waals surface area contributed by atoms with Gasteiger partial charge in [0.15, 0.2) is 17.3 Å². The normalized spacial score (nSPS) is 11.5. The highest BCUT2D eigenvalue weighted by atomic mass is 35.5. The van der Waals surface area contributed by atoms with Crippen molar-refractivity contribution >= 4 is 84.6 Å². The van der Waals surface area contributed by atoms with Gasteiger partial charge in [-0.2, -0.15) is 21.7 Å². The van der Waals surface area contributed by atoms with Crippen LogP contribution in [0.25, 0.3) is 33.3 Å². The number of ether oxygens (including phenoxy) is 1. The Kier molecular flexibility index (Phi) is 13.4. The predicted molar refractivity (Wildman–Crippen MR) is 237 cm³/mol. The van der Waals surface area contributed by atoms with E-state index in [1.165, 1.54) is 22.5 Å². The molecule has 322 valence electrons. The average molecular weight is 905 g/mol. The molecule has 0 saturated carbocycles. The second-order valence-electron chi connectivity index (χ2n) is 13.9. The number of H-pyrrole nitrogens is 2. The van der Waals surface area contributed by atoms with Crippen LogP contribution in [-0.4, -0.2) is 80.1 Å². The second-order valence-corrected chi connectivity index (χ2v) is 17.4. The number of carbonyl (C=O) groups is 2. The molecule has 7 rings (SSSR count). The number of pyridine rings is 1. The predicted octanol–water partition coefficient (Wildman–Crippen LogP) is 6.93. The maximum Gasteiger partial charge on any atom is 0.328 e. The zero-order valence-electron chi connectivity index (χ0n) is 32.9. The number of nitrogen functional groups attached to an aromatic ring is 1. The largest absolute Gasteiger partial charge is 0.463 e. The molecular weight excluding hydrogens is 866 g/mol. The number of aromatic nitrogens is 6. The summed E-state index contributed by atoms with van der Waals surface area (Å²) in [6.07, 6.45) is 4.61. The van der Waals surface area contributed by atoms with Crippen LogP contribution in [0.15, 0.2) is 83.9 Å². The van der Waals surface area contributed by atoms with Gasteiger partial charge in [0, 0.05) is 57.7 Å². The smallest absolute Gasteiger partial charge is 0.328 e. The Morgan fingerprint density at radius 3 is 2.55 bits per heavy atom. The van der Waals surface area contributed by atoms with Crippen molar-refractivity contribution in [2.75, 3.05) is 46.2 Å². The van der Waals surface area contributed by atoms with Gasteiger partial charge in [0.2, 0.25) is 15.8 Å². The van der Waals surface area contributed by atoms with Crippen LogP contribution in [0, 0.1) is 11.6 Å². The standard InChI is InChI=1S/C41H39ClF2N10O6S2/c1-2-3-15-60-40-51-36(45)34-38(52-40)54(41(57)50-34)22-23-4-10-27(11-5-23)49-39(56)46-14-16-61-17-18-62(58,59)53-31-13-12-30(43)32(33(31)44)35(55)29-21-48-37-28(29)19-25(20-47-37)24-6-8-26(42)9-7-24/h4-13,19-21,53H,2-3,14-18,22H2,1H3,(H,47,48)(H,50,57)(H2,45,51,52)(H2,46,49,56). The lowest BCUT2D eigenvalue weighted by Gasteiger charge is -2.12. The second kappa shape index (κ2) is 19.0. The molecule has 0 unspecified atom stereocenters. The number of unbranched alkanes of at least 4 members (excludes halogenated alkanes) is 1. The number of nitrogens with one attached hydrogen (secondary N) is 5. The number of benzene rings is 3. The summed E-state index contributed by atoms with van der Waals surface area (Å²) < 4.78 is 65.7. The highest BCUT2D eigenvalue weighted by Gasteiger charge is 2.26. The summed E-state index contributed by atoms with van der Waals surface area (Å²) in [6.45, 7) is 2.80. The molecule has 0 bridgehead atoms. The fourth-order valence-electron chi connectivity index (χ4n) is 6.29. The molecule has 0 saturated heterocycles. The van der Waals surface area contributed by atoms with E-state index in [1.807, 2.05) is 6.92 Å². The van der Waals surface area contributed by atoms with Crippen molar-refractivity contribution in [3.05, 3.63) is 123 Å². The third-order valence-electron chi connectivity index (χ3n) is 9.48. The van der Waals surface area contributed by atoms with Crippen LogP contribution in [0.2, 0.25) is 5.02 Å². The summed E-state index contributed by atoms with van der Waals surface area (Å²) >= 11 is 7.23. The summed E-state index contributed by atoms with van der Waals surface area (Å²) in [6, 6.07) is 16.7. The average Bonchev–Trinajstić information content (AvgIpc) is 3.81. The van der Waals surface area contributed by atoms with E-state index in [-0.39, 0.29) is 36.2 Å². The van der Waals surface area contributed by atoms with Crippen molar-refractivity contribution in [2.45, 2.75) is 26.3 Å². The van der Waals surface area contributed by atoms with E-state index < -0.39 is 56.2 Å². The third kappa shape index (κ3) is 10.2. The molecule has 0 aliphatic carbocycles. The van der Waals surface area contributed by atoms with E-state index in [0.29, 0.717) is 50.8 Å². The zero-order valence-corrected chi connectivity index (χ0v) is 35.3. The summed E-state index contributed by atoms with van der Waals surface area (Å²) in [5.41, 5.74) is 7.59. The lowest BCUT2D eigenvalue weighted by Crippen LogP contribution is -2.30. The van der Waals surface area contributed by atoms with Crippen LogP contribution < -0.4 is 31.5 Å². The number of ketones is 1. The number of halogens is 3. The number of anilines is 3. The van der Waals surface area contributed by atoms with Crippen LogP contribution in [-0.2, 0) is 16.6 Å². The number of carbonyl (C=O) groups excluding carboxylic acids is 2. The van der Waals surface area contributed by atoms with Crippen LogP contribution >= 0.6 is 23.4 Å². The molecule has 7 aromatic rings. The maximum absolute atomic E-state index is 15.7. The van der Waals surface area contributed by atoms with E-state index in [0.717, 1.165) is 36.1 Å². The molecular formula is C41H39ClF2N10O6S2. The molecule has 2 amide bonds. The Hall–Kier alpha value is -6.51. The number of rotatable bonds is 18. The number of imidazole rings is 1. The molecule has 62 heavy (non-hydrogen) atoms. The Balaban J connectivity index is 0.879. The first-order valence-electron chi connectivity index (χ1n) is 19.2. The van der Waals surface area contributed by atoms with Gasteiger partial charge in [-0.25, -0.2) is 31.8 Å². The lowest BCUT2D eigenvalue weighted by molar-refractivity contribution is 0.103. The van der Waals surface area contributed by atoms with Crippen LogP contribution in [0.5, 0.6) is 6.01 Å². The minimum atomic E-state index is -4.13. The van der Waals surface area contributed by atoms with Crippen molar-refractivity contribution in [3.63, 3.8) is 0 Å². The number of thioether (sulfide) groups is 1. The van der Waals surface area contributed by atoms with Gasteiger partial charge in [0.1, 0.15) is 17.0 Å². The fourth-order valence-corrected chi connectivity index (χ4v) is 8.81. The van der Waals surface area contributed by atoms with E-state index in [1.54, 1.807) is 60.8 Å². The Morgan fingerprint density at radius 2 is 1.79 bits per heavy atom. The van der Waals surface area contributed by atoms with Gasteiger partial charge in [-0.05, 0) is 60.0 Å². The van der Waals surface area contributed by atoms with Crippen molar-refractivity contribution in [2.24, 2.45) is 0 Å². The monoisotopic (exact) mass is 904 g/mol. The molecule has 0 spiro atoms. The quantitative estimate of drug-likeness (QED) is 0.0382. The van der Waals surface area contributed by atoms with Crippen LogP contribution in [0.4, 0.5) is 30.8 Å². The number of nitrogens with zero attached hydrogens (tertiary/aromatic N) is 4. The van der Waals surface area contributed by atoms with Crippen LogP contribution in [0.3, 0.4) is 0 Å². The summed E-state index contributed by atoms with van der Waals surface area (Å²) in [4.78, 5) is 57.2. The molecule has 0 radical (unpaired) electrons. The maximum atomic E-state index is 15.7. The van der Waals surface area contributed by atoms with E-state index in [2.05, 4.69) is 40.3 Å². The SMILES string of the molecule is CCCCOc1nc(N)c2[nH]c(=O)n(Cc3ccc(NC(=O)NCCSCCS(=O)(=O)Nc4ccc(F)c(C(=O)c5c[nH]c6ncc(-c7ccc(Cl)cc7)cc56)c4F)cc3)c2n1. The number of nitrogens with two attached hydrogens (primary N) is 1. The number of amides is 2. The van der Waals surface area contributed by atoms with Gasteiger partial charge in [-0.15, -0.1) is 0 Å². The van der Waals surface area contributed by atoms with E-state index in [4.69, 9.17) is 22.1 Å². The van der Waals surface area contributed by atoms with Crippen molar-refractivity contribution in [1.29, 1.82) is 0 Å². The highest BCUT2D eigenvalue weighted by Crippen LogP contribution is 2.30. The van der Waals surface area contributed by atoms with Gasteiger partial charge >= 0.3 is 17.7 Å². The molecule has 7 N–H and O–H groups in total.